The molecule has 10 atom stereocenters. The number of hydrogen-bond donors (Lipinski definition) is 2. The summed E-state index contributed by atoms with van der Waals surface area (Å²) in [4.78, 5) is 13.2. The molecule has 29 heavy (non-hydrogen) atoms. The van der Waals surface area contributed by atoms with E-state index in [2.05, 4.69) is 27.7 Å². The number of unbranched alkanes of at least 4 members (excludes halogenated alkanes) is 2. The molecule has 3 heteroatoms. The van der Waals surface area contributed by atoms with E-state index in [0.717, 1.165) is 18.3 Å². The summed E-state index contributed by atoms with van der Waals surface area (Å²) < 4.78 is 0. The molecule has 0 amide bonds. The molecule has 0 radical (unpaired) electrons. The Labute approximate surface area is 178 Å². The van der Waals surface area contributed by atoms with Crippen LogP contribution in [0.15, 0.2) is 0 Å². The van der Waals surface area contributed by atoms with Crippen LogP contribution in [0, 0.1) is 46.3 Å². The third kappa shape index (κ3) is 3.43. The molecule has 3 nitrogen and oxygen atoms in total. The number of carbonyl (C=O) groups is 1. The van der Waals surface area contributed by atoms with E-state index >= 15 is 0 Å². The van der Waals surface area contributed by atoms with Crippen molar-refractivity contribution in [1.82, 2.24) is 0 Å². The van der Waals surface area contributed by atoms with Gasteiger partial charge in [-0.05, 0) is 78.9 Å². The average Bonchev–Trinajstić information content (AvgIpc) is 3.02. The van der Waals surface area contributed by atoms with Crippen molar-refractivity contribution in [2.24, 2.45) is 46.3 Å². The lowest BCUT2D eigenvalue weighted by Crippen LogP contribution is -2.59. The van der Waals surface area contributed by atoms with Crippen LogP contribution in [-0.4, -0.2) is 28.2 Å². The number of fused-ring (bicyclic) bond motifs is 5. The predicted octanol–water partition coefficient (Wildman–Crippen LogP) is 5.37. The van der Waals surface area contributed by atoms with Crippen molar-refractivity contribution < 1.29 is 15.0 Å². The van der Waals surface area contributed by atoms with E-state index in [1.54, 1.807) is 0 Å². The smallest absolute Gasteiger partial charge is 0.136 e. The van der Waals surface area contributed by atoms with Crippen molar-refractivity contribution in [1.29, 1.82) is 0 Å². The van der Waals surface area contributed by atoms with Crippen molar-refractivity contribution in [3.8, 4) is 0 Å². The molecule has 4 saturated carbocycles. The molecular weight excluding hydrogens is 360 g/mol. The summed E-state index contributed by atoms with van der Waals surface area (Å²) in [5.41, 5.74) is 0.272. The lowest BCUT2D eigenvalue weighted by atomic mass is 9.44. The number of aliphatic hydroxyl groups excluding tert-OH is 2. The lowest BCUT2D eigenvalue weighted by molar-refractivity contribution is -0.173. The Balaban J connectivity index is 1.55. The van der Waals surface area contributed by atoms with Crippen molar-refractivity contribution in [3.63, 3.8) is 0 Å². The van der Waals surface area contributed by atoms with Gasteiger partial charge in [-0.25, -0.2) is 0 Å². The summed E-state index contributed by atoms with van der Waals surface area (Å²) in [5, 5.41) is 20.7. The predicted molar refractivity (Wildman–Crippen MR) is 116 cm³/mol. The molecule has 4 fully saturated rings. The van der Waals surface area contributed by atoms with Gasteiger partial charge in [0, 0.05) is 12.3 Å². The number of carbonyl (C=O) groups excluding carboxylic acids is 1. The van der Waals surface area contributed by atoms with Crippen LogP contribution in [0.5, 0.6) is 0 Å². The van der Waals surface area contributed by atoms with Crippen molar-refractivity contribution in [2.45, 2.75) is 111 Å². The molecule has 0 spiro atoms. The van der Waals surface area contributed by atoms with E-state index < -0.39 is 12.2 Å². The Morgan fingerprint density at radius 3 is 2.48 bits per heavy atom. The van der Waals surface area contributed by atoms with Crippen LogP contribution in [0.2, 0.25) is 0 Å². The number of Topliss-reactive ketones (excluding diaryl/α,β-unsaturated/α-hetero) is 1. The standard InChI is InChI=1S/C26H44O3/c1-5-6-7-8-16(2)18-9-10-19-17-13-22(27)21-14-23(28)24(29)15-26(21,4)20(17)11-12-25(18,19)3/h16-21,23-24,28-29H,5-15H2,1-4H3/t16-,17?,18-,19?,20?,21?,23+,24-,25?,26?/m1/s1. The quantitative estimate of drug-likeness (QED) is 0.605. The summed E-state index contributed by atoms with van der Waals surface area (Å²) in [6.45, 7) is 9.60. The van der Waals surface area contributed by atoms with Gasteiger partial charge in [0.2, 0.25) is 0 Å². The van der Waals surface area contributed by atoms with Crippen molar-refractivity contribution in [3.05, 3.63) is 0 Å². The van der Waals surface area contributed by atoms with Gasteiger partial charge >= 0.3 is 0 Å². The maximum absolute atomic E-state index is 13.2. The highest BCUT2D eigenvalue weighted by Gasteiger charge is 2.63. The minimum Gasteiger partial charge on any atom is -0.390 e. The SMILES string of the molecule is CCCCC[C@@H](C)[C@H]1CCC2C3CC(=O)C4C[C@H](O)[C@H](O)CC4(C)C3CCC21C. The van der Waals surface area contributed by atoms with Crippen LogP contribution in [0.1, 0.15) is 98.3 Å². The van der Waals surface area contributed by atoms with Gasteiger partial charge < -0.3 is 10.2 Å². The van der Waals surface area contributed by atoms with Crippen LogP contribution >= 0.6 is 0 Å². The monoisotopic (exact) mass is 404 g/mol. The summed E-state index contributed by atoms with van der Waals surface area (Å²) in [5.74, 6) is 3.65. The zero-order valence-electron chi connectivity index (χ0n) is 19.2. The van der Waals surface area contributed by atoms with Gasteiger partial charge in [0.15, 0.2) is 0 Å². The summed E-state index contributed by atoms with van der Waals surface area (Å²) >= 11 is 0. The third-order valence-corrected chi connectivity index (χ3v) is 10.5. The second kappa shape index (κ2) is 7.93. The minimum absolute atomic E-state index is 0.0447. The number of ketones is 1. The fourth-order valence-corrected chi connectivity index (χ4v) is 8.96. The molecule has 4 aliphatic rings. The highest BCUT2D eigenvalue weighted by Crippen LogP contribution is 2.67. The number of aliphatic hydroxyl groups is 2. The molecule has 2 N–H and O–H groups in total. The Kier molecular flexibility index (Phi) is 5.97. The zero-order valence-corrected chi connectivity index (χ0v) is 19.2. The fraction of sp³-hybridized carbons (Fsp3) is 0.962. The third-order valence-electron chi connectivity index (χ3n) is 10.5. The van der Waals surface area contributed by atoms with Crippen LogP contribution < -0.4 is 0 Å². The van der Waals surface area contributed by atoms with Crippen molar-refractivity contribution >= 4 is 5.78 Å². The first-order chi connectivity index (χ1) is 13.7. The van der Waals surface area contributed by atoms with Crippen LogP contribution in [0.4, 0.5) is 0 Å². The van der Waals surface area contributed by atoms with Crippen LogP contribution in [-0.2, 0) is 4.79 Å². The van der Waals surface area contributed by atoms with Crippen LogP contribution in [0.25, 0.3) is 0 Å². The molecule has 0 bridgehead atoms. The van der Waals surface area contributed by atoms with E-state index in [0.29, 0.717) is 41.8 Å². The number of rotatable bonds is 5. The Hall–Kier alpha value is -0.410. The Morgan fingerprint density at radius 1 is 1.03 bits per heavy atom. The first-order valence-corrected chi connectivity index (χ1v) is 12.6. The molecule has 0 aromatic rings. The first kappa shape index (κ1) is 21.8. The van der Waals surface area contributed by atoms with E-state index in [9.17, 15) is 15.0 Å². The molecule has 4 aliphatic carbocycles. The van der Waals surface area contributed by atoms with Gasteiger partial charge in [-0.15, -0.1) is 0 Å². The summed E-state index contributed by atoms with van der Waals surface area (Å²) in [7, 11) is 0. The van der Waals surface area contributed by atoms with Gasteiger partial charge in [-0.3, -0.25) is 4.79 Å². The normalized spacial score (nSPS) is 50.6. The second-order valence-electron chi connectivity index (χ2n) is 11.9. The largest absolute Gasteiger partial charge is 0.390 e. The molecule has 6 unspecified atom stereocenters. The molecule has 0 aromatic heterocycles. The fourth-order valence-electron chi connectivity index (χ4n) is 8.96. The minimum atomic E-state index is -0.720. The first-order valence-electron chi connectivity index (χ1n) is 12.6. The summed E-state index contributed by atoms with van der Waals surface area (Å²) in [6.07, 6.45) is 10.9. The zero-order chi connectivity index (χ0) is 21.0. The van der Waals surface area contributed by atoms with Crippen molar-refractivity contribution in [2.75, 3.05) is 0 Å². The van der Waals surface area contributed by atoms with Gasteiger partial charge in [0.1, 0.15) is 5.78 Å². The van der Waals surface area contributed by atoms with Crippen LogP contribution in [0.3, 0.4) is 0 Å². The molecule has 0 aromatic carbocycles. The van der Waals surface area contributed by atoms with E-state index in [1.165, 1.54) is 51.4 Å². The molecule has 4 rings (SSSR count). The lowest BCUT2D eigenvalue weighted by Gasteiger charge is -2.61. The maximum Gasteiger partial charge on any atom is 0.136 e. The number of hydrogen-bond acceptors (Lipinski definition) is 3. The Morgan fingerprint density at radius 2 is 1.76 bits per heavy atom. The van der Waals surface area contributed by atoms with Gasteiger partial charge in [0.05, 0.1) is 12.2 Å². The van der Waals surface area contributed by atoms with Gasteiger partial charge in [-0.2, -0.15) is 0 Å². The molecule has 166 valence electrons. The second-order valence-corrected chi connectivity index (χ2v) is 11.9. The molecule has 0 aliphatic heterocycles. The van der Waals surface area contributed by atoms with E-state index in [-0.39, 0.29) is 11.3 Å². The van der Waals surface area contributed by atoms with E-state index in [1.807, 2.05) is 0 Å². The maximum atomic E-state index is 13.2. The summed E-state index contributed by atoms with van der Waals surface area (Å²) in [6, 6.07) is 0. The highest BCUT2D eigenvalue weighted by atomic mass is 16.3. The topological polar surface area (TPSA) is 57.5 Å². The Bertz CT molecular complexity index is 617. The molecule has 0 saturated heterocycles. The molecule has 0 heterocycles. The molecular formula is C26H44O3. The average molecular weight is 405 g/mol. The van der Waals surface area contributed by atoms with E-state index in [4.69, 9.17) is 0 Å². The highest BCUT2D eigenvalue weighted by molar-refractivity contribution is 5.83. The van der Waals surface area contributed by atoms with Gasteiger partial charge in [0.25, 0.3) is 0 Å². The van der Waals surface area contributed by atoms with Gasteiger partial charge in [-0.1, -0.05) is 53.4 Å².